The van der Waals surface area contributed by atoms with Crippen LogP contribution in [0.3, 0.4) is 0 Å². The molecule has 1 aromatic heterocycles. The lowest BCUT2D eigenvalue weighted by Gasteiger charge is -2.35. The number of hydrogen-bond donors (Lipinski definition) is 0. The molecule has 7 nitrogen and oxygen atoms in total. The van der Waals surface area contributed by atoms with Gasteiger partial charge in [0.05, 0.1) is 28.7 Å². The number of piperidine rings is 1. The van der Waals surface area contributed by atoms with Crippen LogP contribution >= 0.6 is 0 Å². The van der Waals surface area contributed by atoms with Crippen molar-refractivity contribution in [1.29, 1.82) is 0 Å². The number of carbonyl (C=O) groups excluding carboxylic acids is 1. The number of aromatic nitrogens is 2. The van der Waals surface area contributed by atoms with Gasteiger partial charge < -0.3 is 4.90 Å². The third-order valence-electron chi connectivity index (χ3n) is 5.11. The average molecular weight is 376 g/mol. The Morgan fingerprint density at radius 1 is 1.12 bits per heavy atom. The van der Waals surface area contributed by atoms with Gasteiger partial charge in [0, 0.05) is 31.7 Å². The minimum absolute atomic E-state index is 0.0487. The van der Waals surface area contributed by atoms with Gasteiger partial charge in [-0.15, -0.1) is 0 Å². The van der Waals surface area contributed by atoms with Crippen LogP contribution < -0.4 is 0 Å². The number of carbonyl (C=O) groups is 1. The summed E-state index contributed by atoms with van der Waals surface area (Å²) in [5.74, 6) is -0.0487. The molecule has 0 atom stereocenters. The second-order valence-electron chi connectivity index (χ2n) is 6.90. The number of fused-ring (bicyclic) bond motifs is 1. The van der Waals surface area contributed by atoms with Crippen molar-refractivity contribution in [3.63, 3.8) is 0 Å². The third-order valence-corrected chi connectivity index (χ3v) is 6.46. The minimum Gasteiger partial charge on any atom is -0.339 e. The third kappa shape index (κ3) is 3.71. The highest BCUT2D eigenvalue weighted by Crippen LogP contribution is 2.21. The van der Waals surface area contributed by atoms with Crippen molar-refractivity contribution in [2.75, 3.05) is 26.4 Å². The Hall–Kier alpha value is -2.06. The first-order valence-electron chi connectivity index (χ1n) is 8.64. The highest BCUT2D eigenvalue weighted by molar-refractivity contribution is 7.88. The van der Waals surface area contributed by atoms with Crippen molar-refractivity contribution in [2.45, 2.75) is 32.7 Å². The van der Waals surface area contributed by atoms with E-state index in [4.69, 9.17) is 0 Å². The van der Waals surface area contributed by atoms with Crippen molar-refractivity contribution in [3.8, 4) is 0 Å². The molecule has 0 spiro atoms. The fourth-order valence-electron chi connectivity index (χ4n) is 3.25. The van der Waals surface area contributed by atoms with Gasteiger partial charge in [0.1, 0.15) is 0 Å². The van der Waals surface area contributed by atoms with Gasteiger partial charge >= 0.3 is 0 Å². The number of nitrogens with zero attached hydrogens (tertiary/aromatic N) is 4. The second kappa shape index (κ2) is 6.92. The molecule has 1 aliphatic heterocycles. The summed E-state index contributed by atoms with van der Waals surface area (Å²) in [6.45, 7) is 4.90. The maximum atomic E-state index is 12.8. The highest BCUT2D eigenvalue weighted by atomic mass is 32.2. The summed E-state index contributed by atoms with van der Waals surface area (Å²) in [6.07, 6.45) is 2.49. The second-order valence-corrected chi connectivity index (χ2v) is 8.94. The van der Waals surface area contributed by atoms with Crippen molar-refractivity contribution in [1.82, 2.24) is 19.2 Å². The molecule has 2 aromatic rings. The Labute approximate surface area is 154 Å². The molecule has 1 saturated heterocycles. The predicted molar refractivity (Wildman–Crippen MR) is 101 cm³/mol. The number of benzene rings is 1. The lowest BCUT2D eigenvalue weighted by Crippen LogP contribution is -2.47. The van der Waals surface area contributed by atoms with Gasteiger partial charge in [0.25, 0.3) is 5.91 Å². The van der Waals surface area contributed by atoms with E-state index < -0.39 is 10.0 Å². The molecule has 1 aromatic carbocycles. The van der Waals surface area contributed by atoms with Crippen LogP contribution in [-0.2, 0) is 10.0 Å². The van der Waals surface area contributed by atoms with E-state index in [0.29, 0.717) is 37.0 Å². The maximum absolute atomic E-state index is 12.8. The molecule has 0 unspecified atom stereocenters. The van der Waals surface area contributed by atoms with Gasteiger partial charge in [-0.25, -0.2) is 22.7 Å². The summed E-state index contributed by atoms with van der Waals surface area (Å²) in [5.41, 5.74) is 3.81. The molecule has 8 heteroatoms. The molecule has 140 valence electrons. The molecule has 0 saturated carbocycles. The standard InChI is InChI=1S/C18H24N4O3S/c1-12-13(2)20-17-11-14(5-6-16(17)19-12)18(23)22-9-7-15(8-10-22)21(3)26(4,24)25/h5-6,11,15H,7-10H2,1-4H3. The number of aryl methyl sites for hydroxylation is 2. The van der Waals surface area contributed by atoms with E-state index in [0.717, 1.165) is 16.9 Å². The normalized spacial score (nSPS) is 16.4. The van der Waals surface area contributed by atoms with Crippen LogP contribution in [0.1, 0.15) is 34.6 Å². The highest BCUT2D eigenvalue weighted by Gasteiger charge is 2.29. The van der Waals surface area contributed by atoms with E-state index >= 15 is 0 Å². The summed E-state index contributed by atoms with van der Waals surface area (Å²) in [5, 5.41) is 0. The predicted octanol–water partition coefficient (Wildman–Crippen LogP) is 1.74. The quantitative estimate of drug-likeness (QED) is 0.815. The average Bonchev–Trinajstić information content (AvgIpc) is 2.60. The number of sulfonamides is 1. The van der Waals surface area contributed by atoms with Crippen LogP contribution in [-0.4, -0.2) is 65.9 Å². The number of amides is 1. The number of rotatable bonds is 3. The smallest absolute Gasteiger partial charge is 0.253 e. The Kier molecular flexibility index (Phi) is 4.98. The topological polar surface area (TPSA) is 83.5 Å². The van der Waals surface area contributed by atoms with Crippen LogP contribution in [0.5, 0.6) is 0 Å². The first kappa shape index (κ1) is 18.7. The Bertz CT molecular complexity index is 950. The van der Waals surface area contributed by atoms with E-state index in [1.165, 1.54) is 10.6 Å². The first-order valence-corrected chi connectivity index (χ1v) is 10.5. The fraction of sp³-hybridized carbons (Fsp3) is 0.500. The Balaban J connectivity index is 1.74. The van der Waals surface area contributed by atoms with E-state index in [1.54, 1.807) is 24.1 Å². The van der Waals surface area contributed by atoms with Gasteiger partial charge in [-0.2, -0.15) is 0 Å². The van der Waals surface area contributed by atoms with Crippen molar-refractivity contribution < 1.29 is 13.2 Å². The molecule has 1 amide bonds. The molecular weight excluding hydrogens is 352 g/mol. The molecule has 0 aliphatic carbocycles. The molecule has 3 rings (SSSR count). The van der Waals surface area contributed by atoms with Gasteiger partial charge in [-0.05, 0) is 44.9 Å². The largest absolute Gasteiger partial charge is 0.339 e. The lowest BCUT2D eigenvalue weighted by molar-refractivity contribution is 0.0686. The molecule has 0 N–H and O–H groups in total. The van der Waals surface area contributed by atoms with Gasteiger partial charge in [0.2, 0.25) is 10.0 Å². The zero-order chi connectivity index (χ0) is 19.1. The van der Waals surface area contributed by atoms with Gasteiger partial charge in [-0.3, -0.25) is 4.79 Å². The van der Waals surface area contributed by atoms with Crippen LogP contribution in [0.2, 0.25) is 0 Å². The molecule has 2 heterocycles. The van der Waals surface area contributed by atoms with Gasteiger partial charge in [0.15, 0.2) is 0 Å². The number of hydrogen-bond acceptors (Lipinski definition) is 5. The van der Waals surface area contributed by atoms with Crippen LogP contribution in [0, 0.1) is 13.8 Å². The van der Waals surface area contributed by atoms with Crippen LogP contribution in [0.25, 0.3) is 11.0 Å². The Morgan fingerprint density at radius 2 is 1.69 bits per heavy atom. The van der Waals surface area contributed by atoms with Crippen molar-refractivity contribution >= 4 is 27.0 Å². The lowest BCUT2D eigenvalue weighted by atomic mass is 10.0. The molecule has 1 aliphatic rings. The monoisotopic (exact) mass is 376 g/mol. The first-order chi connectivity index (χ1) is 12.2. The summed E-state index contributed by atoms with van der Waals surface area (Å²) in [4.78, 5) is 23.6. The van der Waals surface area contributed by atoms with Crippen LogP contribution in [0.4, 0.5) is 0 Å². The number of likely N-dealkylation sites (tertiary alicyclic amines) is 1. The van der Waals surface area contributed by atoms with E-state index in [-0.39, 0.29) is 11.9 Å². The van der Waals surface area contributed by atoms with E-state index in [9.17, 15) is 13.2 Å². The van der Waals surface area contributed by atoms with E-state index in [1.807, 2.05) is 19.9 Å². The summed E-state index contributed by atoms with van der Waals surface area (Å²) >= 11 is 0. The van der Waals surface area contributed by atoms with Crippen molar-refractivity contribution in [3.05, 3.63) is 35.2 Å². The molecule has 0 radical (unpaired) electrons. The molecular formula is C18H24N4O3S. The minimum atomic E-state index is -3.21. The molecule has 0 bridgehead atoms. The van der Waals surface area contributed by atoms with E-state index in [2.05, 4.69) is 9.97 Å². The van der Waals surface area contributed by atoms with Gasteiger partial charge in [-0.1, -0.05) is 0 Å². The molecule has 26 heavy (non-hydrogen) atoms. The summed E-state index contributed by atoms with van der Waals surface area (Å²) in [6, 6.07) is 5.34. The molecule has 1 fully saturated rings. The summed E-state index contributed by atoms with van der Waals surface area (Å²) in [7, 11) is -1.61. The Morgan fingerprint density at radius 3 is 2.27 bits per heavy atom. The SMILES string of the molecule is Cc1nc2ccc(C(=O)N3CCC(N(C)S(C)(=O)=O)CC3)cc2nc1C. The summed E-state index contributed by atoms with van der Waals surface area (Å²) < 4.78 is 24.8. The van der Waals surface area contributed by atoms with Crippen LogP contribution in [0.15, 0.2) is 18.2 Å². The zero-order valence-electron chi connectivity index (χ0n) is 15.6. The fourth-order valence-corrected chi connectivity index (χ4v) is 4.00. The zero-order valence-corrected chi connectivity index (χ0v) is 16.4. The maximum Gasteiger partial charge on any atom is 0.253 e. The van der Waals surface area contributed by atoms with Crippen molar-refractivity contribution in [2.24, 2.45) is 0 Å².